The van der Waals surface area contributed by atoms with E-state index in [2.05, 4.69) is 11.0 Å². The zero-order valence-electron chi connectivity index (χ0n) is 11.5. The van der Waals surface area contributed by atoms with Gasteiger partial charge in [-0.15, -0.1) is 0 Å². The molecule has 1 aromatic carbocycles. The van der Waals surface area contributed by atoms with Crippen molar-refractivity contribution in [2.24, 2.45) is 0 Å². The second-order valence-corrected chi connectivity index (χ2v) is 6.20. The molecule has 2 atom stereocenters. The first-order valence-electron chi connectivity index (χ1n) is 7.53. The van der Waals surface area contributed by atoms with Crippen molar-refractivity contribution in [3.8, 4) is 0 Å². The molecular weight excluding hydrogens is 252 g/mol. The molecule has 2 aliphatic carbocycles. The van der Waals surface area contributed by atoms with Gasteiger partial charge < -0.3 is 10.0 Å². The Bertz CT molecular complexity index is 541. The molecule has 1 aliphatic heterocycles. The van der Waals surface area contributed by atoms with Gasteiger partial charge in [-0.1, -0.05) is 24.3 Å². The Hall–Kier alpha value is -1.39. The number of piperazine rings is 1. The first-order chi connectivity index (χ1) is 9.74. The highest BCUT2D eigenvalue weighted by molar-refractivity contribution is 5.79. The number of benzene rings is 1. The van der Waals surface area contributed by atoms with Crippen molar-refractivity contribution >= 4 is 5.91 Å². The second-order valence-electron chi connectivity index (χ2n) is 6.20. The van der Waals surface area contributed by atoms with Crippen molar-refractivity contribution in [2.45, 2.75) is 37.5 Å². The van der Waals surface area contributed by atoms with Crippen LogP contribution in [0, 0.1) is 0 Å². The fourth-order valence-corrected chi connectivity index (χ4v) is 3.64. The van der Waals surface area contributed by atoms with E-state index in [0.717, 1.165) is 25.1 Å². The third-order valence-corrected chi connectivity index (χ3v) is 4.91. The van der Waals surface area contributed by atoms with E-state index in [4.69, 9.17) is 0 Å². The van der Waals surface area contributed by atoms with Crippen LogP contribution in [-0.2, 0) is 11.2 Å². The molecule has 0 spiro atoms. The van der Waals surface area contributed by atoms with E-state index >= 15 is 0 Å². The molecule has 4 heteroatoms. The minimum atomic E-state index is -0.452. The third kappa shape index (κ3) is 1.95. The van der Waals surface area contributed by atoms with Crippen LogP contribution in [0.5, 0.6) is 0 Å². The maximum absolute atomic E-state index is 12.2. The molecule has 106 valence electrons. The number of amides is 1. The van der Waals surface area contributed by atoms with Crippen molar-refractivity contribution in [1.82, 2.24) is 9.80 Å². The van der Waals surface area contributed by atoms with Gasteiger partial charge >= 0.3 is 0 Å². The highest BCUT2D eigenvalue weighted by Gasteiger charge is 2.41. The summed E-state index contributed by atoms with van der Waals surface area (Å²) in [6.07, 6.45) is 2.74. The number of hydrogen-bond acceptors (Lipinski definition) is 3. The fraction of sp³-hybridized carbons (Fsp3) is 0.562. The number of aliphatic hydroxyl groups excluding tert-OH is 1. The molecule has 1 saturated heterocycles. The summed E-state index contributed by atoms with van der Waals surface area (Å²) in [5.74, 6) is 0.238. The molecule has 0 aromatic heterocycles. The standard InChI is InChI=1S/C16H20N2O2/c19-15-10-17(7-8-18(15)12-5-6-12)14-9-11-3-1-2-4-13(11)16(14)20/h1-4,12,14,16,20H,5-10H2. The van der Waals surface area contributed by atoms with Gasteiger partial charge in [-0.25, -0.2) is 0 Å². The largest absolute Gasteiger partial charge is 0.387 e. The van der Waals surface area contributed by atoms with Gasteiger partial charge in [0.2, 0.25) is 5.91 Å². The highest BCUT2D eigenvalue weighted by Crippen LogP contribution is 2.35. The fourth-order valence-electron chi connectivity index (χ4n) is 3.64. The normalized spacial score (nSPS) is 30.6. The Morgan fingerprint density at radius 2 is 1.95 bits per heavy atom. The van der Waals surface area contributed by atoms with Gasteiger partial charge in [0.25, 0.3) is 0 Å². The van der Waals surface area contributed by atoms with Gasteiger partial charge in [0.1, 0.15) is 0 Å². The Labute approximate surface area is 119 Å². The lowest BCUT2D eigenvalue weighted by molar-refractivity contribution is -0.138. The average Bonchev–Trinajstić information content (AvgIpc) is 3.24. The van der Waals surface area contributed by atoms with Gasteiger partial charge in [0.15, 0.2) is 0 Å². The number of carbonyl (C=O) groups excluding carboxylic acids is 1. The summed E-state index contributed by atoms with van der Waals surface area (Å²) in [4.78, 5) is 16.4. The zero-order valence-corrected chi connectivity index (χ0v) is 11.5. The molecule has 0 bridgehead atoms. The van der Waals surface area contributed by atoms with Gasteiger partial charge in [-0.2, -0.15) is 0 Å². The second kappa shape index (κ2) is 4.57. The van der Waals surface area contributed by atoms with E-state index in [1.165, 1.54) is 18.4 Å². The topological polar surface area (TPSA) is 43.8 Å². The van der Waals surface area contributed by atoms with Crippen LogP contribution in [-0.4, -0.2) is 52.5 Å². The lowest BCUT2D eigenvalue weighted by Gasteiger charge is -2.38. The monoisotopic (exact) mass is 272 g/mol. The smallest absolute Gasteiger partial charge is 0.237 e. The van der Waals surface area contributed by atoms with Crippen LogP contribution < -0.4 is 0 Å². The van der Waals surface area contributed by atoms with Gasteiger partial charge in [-0.3, -0.25) is 9.69 Å². The van der Waals surface area contributed by atoms with Crippen molar-refractivity contribution in [2.75, 3.05) is 19.6 Å². The maximum Gasteiger partial charge on any atom is 0.237 e. The average molecular weight is 272 g/mol. The molecule has 1 saturated carbocycles. The van der Waals surface area contributed by atoms with Crippen LogP contribution in [0.1, 0.15) is 30.1 Å². The summed E-state index contributed by atoms with van der Waals surface area (Å²) in [5, 5.41) is 10.5. The van der Waals surface area contributed by atoms with Crippen LogP contribution in [0.25, 0.3) is 0 Å². The quantitative estimate of drug-likeness (QED) is 0.872. The van der Waals surface area contributed by atoms with Gasteiger partial charge in [0, 0.05) is 25.2 Å². The van der Waals surface area contributed by atoms with Crippen molar-refractivity contribution < 1.29 is 9.90 Å². The van der Waals surface area contributed by atoms with E-state index in [0.29, 0.717) is 12.6 Å². The lowest BCUT2D eigenvalue weighted by Crippen LogP contribution is -2.55. The molecule has 1 amide bonds. The summed E-state index contributed by atoms with van der Waals surface area (Å²) in [6, 6.07) is 8.65. The van der Waals surface area contributed by atoms with Gasteiger partial charge in [-0.05, 0) is 30.4 Å². The van der Waals surface area contributed by atoms with Gasteiger partial charge in [0.05, 0.1) is 12.6 Å². The molecule has 3 aliphatic rings. The van der Waals surface area contributed by atoms with E-state index in [9.17, 15) is 9.90 Å². The molecule has 4 rings (SSSR count). The van der Waals surface area contributed by atoms with Crippen LogP contribution >= 0.6 is 0 Å². The number of rotatable bonds is 2. The molecule has 1 heterocycles. The van der Waals surface area contributed by atoms with Crippen LogP contribution in [0.15, 0.2) is 24.3 Å². The Morgan fingerprint density at radius 3 is 2.65 bits per heavy atom. The van der Waals surface area contributed by atoms with Crippen LogP contribution in [0.3, 0.4) is 0 Å². The third-order valence-electron chi connectivity index (χ3n) is 4.91. The highest BCUT2D eigenvalue weighted by atomic mass is 16.3. The zero-order chi connectivity index (χ0) is 13.7. The number of hydrogen-bond donors (Lipinski definition) is 1. The Morgan fingerprint density at radius 1 is 1.15 bits per heavy atom. The minimum absolute atomic E-state index is 0.0673. The van der Waals surface area contributed by atoms with E-state index in [1.54, 1.807) is 0 Å². The van der Waals surface area contributed by atoms with Crippen LogP contribution in [0.4, 0.5) is 0 Å². The predicted molar refractivity (Wildman–Crippen MR) is 75.2 cm³/mol. The summed E-state index contributed by atoms with van der Waals surface area (Å²) < 4.78 is 0. The molecule has 4 nitrogen and oxygen atoms in total. The molecule has 2 fully saturated rings. The summed E-state index contributed by atoms with van der Waals surface area (Å²) in [5.41, 5.74) is 2.26. The maximum atomic E-state index is 12.2. The number of nitrogens with zero attached hydrogens (tertiary/aromatic N) is 2. The Balaban J connectivity index is 1.49. The molecule has 20 heavy (non-hydrogen) atoms. The molecule has 1 N–H and O–H groups in total. The van der Waals surface area contributed by atoms with E-state index < -0.39 is 6.10 Å². The number of carbonyl (C=O) groups is 1. The Kier molecular flexibility index (Phi) is 2.82. The molecule has 1 aromatic rings. The first-order valence-corrected chi connectivity index (χ1v) is 7.53. The van der Waals surface area contributed by atoms with Crippen molar-refractivity contribution in [3.05, 3.63) is 35.4 Å². The summed E-state index contributed by atoms with van der Waals surface area (Å²) >= 11 is 0. The number of aliphatic hydroxyl groups is 1. The minimum Gasteiger partial charge on any atom is -0.387 e. The number of fused-ring (bicyclic) bond motifs is 1. The molecule has 2 unspecified atom stereocenters. The van der Waals surface area contributed by atoms with Crippen molar-refractivity contribution in [1.29, 1.82) is 0 Å². The predicted octanol–water partition coefficient (Wildman–Crippen LogP) is 0.951. The summed E-state index contributed by atoms with van der Waals surface area (Å²) in [7, 11) is 0. The van der Waals surface area contributed by atoms with E-state index in [1.807, 2.05) is 23.1 Å². The first kappa shape index (κ1) is 12.4. The summed E-state index contributed by atoms with van der Waals surface area (Å²) in [6.45, 7) is 2.17. The lowest BCUT2D eigenvalue weighted by atomic mass is 10.1. The van der Waals surface area contributed by atoms with E-state index in [-0.39, 0.29) is 11.9 Å². The van der Waals surface area contributed by atoms with Crippen molar-refractivity contribution in [3.63, 3.8) is 0 Å². The molecular formula is C16H20N2O2. The van der Waals surface area contributed by atoms with Crippen LogP contribution in [0.2, 0.25) is 0 Å². The SMILES string of the molecule is O=C1CN(C2Cc3ccccc3C2O)CCN1C1CC1. The molecule has 0 radical (unpaired) electrons.